The number of pyridine rings is 1. The minimum atomic E-state index is 0.379. The molecule has 0 radical (unpaired) electrons. The van der Waals surface area contributed by atoms with Gasteiger partial charge in [-0.1, -0.05) is 36.4 Å². The van der Waals surface area contributed by atoms with Gasteiger partial charge in [-0.05, 0) is 18.2 Å². The highest BCUT2D eigenvalue weighted by Crippen LogP contribution is 2.26. The largest absolute Gasteiger partial charge is 0.270 e. The fourth-order valence-corrected chi connectivity index (χ4v) is 2.48. The zero-order valence-corrected chi connectivity index (χ0v) is 13.5. The Hall–Kier alpha value is -3.70. The third-order valence-electron chi connectivity index (χ3n) is 3.65. The van der Waals surface area contributed by atoms with Crippen molar-refractivity contribution in [2.75, 3.05) is 0 Å². The first-order valence-electron chi connectivity index (χ1n) is 7.85. The monoisotopic (exact) mass is 325 g/mol. The number of aromatic nitrogens is 3. The lowest BCUT2D eigenvalue weighted by molar-refractivity contribution is 0.629. The van der Waals surface area contributed by atoms with Crippen LogP contribution < -0.4 is 0 Å². The number of hydrogen-bond acceptors (Lipinski definition) is 4. The van der Waals surface area contributed by atoms with Crippen LogP contribution in [0.15, 0.2) is 60.9 Å². The van der Waals surface area contributed by atoms with Crippen molar-refractivity contribution in [2.24, 2.45) is 0 Å². The second kappa shape index (κ2) is 7.72. The van der Waals surface area contributed by atoms with Gasteiger partial charge < -0.3 is 0 Å². The van der Waals surface area contributed by atoms with Crippen LogP contribution in [-0.4, -0.2) is 14.8 Å². The Labute approximate surface area is 146 Å². The normalized spacial score (nSPS) is 10.9. The lowest BCUT2D eigenvalue weighted by Gasteiger charge is -2.00. The molecular formula is C20H15N5. The molecular weight excluding hydrogens is 310 g/mol. The molecule has 0 N–H and O–H groups in total. The van der Waals surface area contributed by atoms with Crippen molar-refractivity contribution in [1.29, 1.82) is 10.5 Å². The first-order valence-corrected chi connectivity index (χ1v) is 7.85. The summed E-state index contributed by atoms with van der Waals surface area (Å²) in [7, 11) is 0. The fourth-order valence-electron chi connectivity index (χ4n) is 2.48. The quantitative estimate of drug-likeness (QED) is 0.666. The summed E-state index contributed by atoms with van der Waals surface area (Å²) in [5.41, 5.74) is 3.66. The lowest BCUT2D eigenvalue weighted by atomic mass is 10.0. The van der Waals surface area contributed by atoms with E-state index in [0.717, 1.165) is 16.8 Å². The van der Waals surface area contributed by atoms with Gasteiger partial charge in [0.1, 0.15) is 6.07 Å². The van der Waals surface area contributed by atoms with Gasteiger partial charge in [-0.2, -0.15) is 15.6 Å². The van der Waals surface area contributed by atoms with E-state index in [2.05, 4.69) is 22.2 Å². The number of rotatable bonds is 5. The topological polar surface area (TPSA) is 78.3 Å². The standard InChI is InChI=1S/C20H15N5/c21-10-6-12-25-15-18(20(24-25)16-7-2-1-3-8-16)13-17(14-22)19-9-4-5-11-23-19/h1-5,7-9,11,13,15H,6,12H2/b17-13+. The Kier molecular flexibility index (Phi) is 4.99. The summed E-state index contributed by atoms with van der Waals surface area (Å²) in [6.45, 7) is 0.510. The zero-order chi connectivity index (χ0) is 17.5. The molecule has 120 valence electrons. The van der Waals surface area contributed by atoms with Crippen molar-refractivity contribution in [3.8, 4) is 23.4 Å². The molecule has 0 unspecified atom stereocenters. The van der Waals surface area contributed by atoms with Gasteiger partial charge >= 0.3 is 0 Å². The Balaban J connectivity index is 2.08. The van der Waals surface area contributed by atoms with Gasteiger partial charge in [0.25, 0.3) is 0 Å². The average Bonchev–Trinajstić information content (AvgIpc) is 3.08. The predicted octanol–water partition coefficient (Wildman–Crippen LogP) is 3.92. The van der Waals surface area contributed by atoms with E-state index in [1.54, 1.807) is 23.0 Å². The number of hydrogen-bond donors (Lipinski definition) is 0. The summed E-state index contributed by atoms with van der Waals surface area (Å²) in [5, 5.41) is 22.9. The summed E-state index contributed by atoms with van der Waals surface area (Å²) in [6, 6.07) is 19.6. The highest BCUT2D eigenvalue weighted by atomic mass is 15.3. The molecule has 0 fully saturated rings. The number of nitrogens with zero attached hydrogens (tertiary/aromatic N) is 5. The average molecular weight is 325 g/mol. The molecule has 0 spiro atoms. The molecule has 3 aromatic rings. The maximum absolute atomic E-state index is 9.52. The highest BCUT2D eigenvalue weighted by molar-refractivity contribution is 5.91. The fraction of sp³-hybridized carbons (Fsp3) is 0.100. The zero-order valence-electron chi connectivity index (χ0n) is 13.5. The van der Waals surface area contributed by atoms with Gasteiger partial charge in [0.05, 0.1) is 36.0 Å². The van der Waals surface area contributed by atoms with Crippen molar-refractivity contribution in [3.63, 3.8) is 0 Å². The molecule has 5 heteroatoms. The Bertz CT molecular complexity index is 957. The van der Waals surface area contributed by atoms with E-state index in [9.17, 15) is 5.26 Å². The van der Waals surface area contributed by atoms with E-state index in [0.29, 0.717) is 24.2 Å². The van der Waals surface area contributed by atoms with Gasteiger partial charge in [-0.15, -0.1) is 0 Å². The maximum atomic E-state index is 9.52. The molecule has 0 bridgehead atoms. The maximum Gasteiger partial charge on any atom is 0.101 e. The SMILES string of the molecule is N#CCCn1cc(/C=C(\C#N)c2ccccn2)c(-c2ccccc2)n1. The molecule has 0 atom stereocenters. The molecule has 0 aliphatic heterocycles. The summed E-state index contributed by atoms with van der Waals surface area (Å²) in [6.07, 6.45) is 5.69. The van der Waals surface area contributed by atoms with Crippen molar-refractivity contribution in [3.05, 3.63) is 72.2 Å². The third-order valence-corrected chi connectivity index (χ3v) is 3.65. The van der Waals surface area contributed by atoms with Crippen LogP contribution >= 0.6 is 0 Å². The predicted molar refractivity (Wildman–Crippen MR) is 95.6 cm³/mol. The van der Waals surface area contributed by atoms with Gasteiger partial charge in [-0.3, -0.25) is 9.67 Å². The minimum Gasteiger partial charge on any atom is -0.270 e. The lowest BCUT2D eigenvalue weighted by Crippen LogP contribution is -1.97. The van der Waals surface area contributed by atoms with Gasteiger partial charge in [0.15, 0.2) is 0 Å². The smallest absolute Gasteiger partial charge is 0.101 e. The molecule has 0 aliphatic rings. The molecule has 2 heterocycles. The first-order chi connectivity index (χ1) is 12.3. The molecule has 0 amide bonds. The minimum absolute atomic E-state index is 0.379. The van der Waals surface area contributed by atoms with Crippen LogP contribution in [0.3, 0.4) is 0 Å². The van der Waals surface area contributed by atoms with Crippen LogP contribution in [0.5, 0.6) is 0 Å². The number of nitriles is 2. The van der Waals surface area contributed by atoms with Gasteiger partial charge in [-0.25, -0.2) is 0 Å². The number of allylic oxidation sites excluding steroid dienone is 1. The number of benzene rings is 1. The summed E-state index contributed by atoms with van der Waals surface area (Å²) in [4.78, 5) is 4.24. The van der Waals surface area contributed by atoms with E-state index in [1.807, 2.05) is 48.7 Å². The van der Waals surface area contributed by atoms with E-state index < -0.39 is 0 Å². The van der Waals surface area contributed by atoms with E-state index in [-0.39, 0.29) is 0 Å². The van der Waals surface area contributed by atoms with Crippen LogP contribution in [-0.2, 0) is 6.54 Å². The second-order valence-corrected chi connectivity index (χ2v) is 5.36. The molecule has 2 aromatic heterocycles. The van der Waals surface area contributed by atoms with Crippen molar-refractivity contribution in [1.82, 2.24) is 14.8 Å². The highest BCUT2D eigenvalue weighted by Gasteiger charge is 2.11. The molecule has 0 aliphatic carbocycles. The Morgan fingerprint density at radius 2 is 1.88 bits per heavy atom. The van der Waals surface area contributed by atoms with Gasteiger partial charge in [0, 0.05) is 23.5 Å². The molecule has 3 rings (SSSR count). The van der Waals surface area contributed by atoms with Crippen LogP contribution in [0, 0.1) is 22.7 Å². The summed E-state index contributed by atoms with van der Waals surface area (Å²) in [5.74, 6) is 0. The summed E-state index contributed by atoms with van der Waals surface area (Å²) < 4.78 is 1.74. The first kappa shape index (κ1) is 16.2. The van der Waals surface area contributed by atoms with E-state index in [4.69, 9.17) is 5.26 Å². The summed E-state index contributed by atoms with van der Waals surface area (Å²) >= 11 is 0. The van der Waals surface area contributed by atoms with Gasteiger partial charge in [0.2, 0.25) is 0 Å². The molecule has 1 aromatic carbocycles. The van der Waals surface area contributed by atoms with Crippen LogP contribution in [0.1, 0.15) is 17.7 Å². The number of aryl methyl sites for hydroxylation is 1. The molecule has 0 saturated carbocycles. The van der Waals surface area contributed by atoms with Crippen molar-refractivity contribution < 1.29 is 0 Å². The Morgan fingerprint density at radius 3 is 2.56 bits per heavy atom. The second-order valence-electron chi connectivity index (χ2n) is 5.36. The molecule has 25 heavy (non-hydrogen) atoms. The Morgan fingerprint density at radius 1 is 1.08 bits per heavy atom. The van der Waals surface area contributed by atoms with Crippen LogP contribution in [0.25, 0.3) is 22.9 Å². The van der Waals surface area contributed by atoms with E-state index in [1.165, 1.54) is 0 Å². The van der Waals surface area contributed by atoms with Crippen molar-refractivity contribution in [2.45, 2.75) is 13.0 Å². The molecule has 0 saturated heterocycles. The third kappa shape index (κ3) is 3.80. The molecule has 5 nitrogen and oxygen atoms in total. The van der Waals surface area contributed by atoms with E-state index >= 15 is 0 Å². The van der Waals surface area contributed by atoms with Crippen molar-refractivity contribution >= 4 is 11.6 Å². The van der Waals surface area contributed by atoms with Crippen LogP contribution in [0.4, 0.5) is 0 Å². The van der Waals surface area contributed by atoms with Crippen LogP contribution in [0.2, 0.25) is 0 Å².